The number of para-hydroxylation sites is 2. The zero-order chi connectivity index (χ0) is 21.5. The zero-order valence-corrected chi connectivity index (χ0v) is 19.0. The van der Waals surface area contributed by atoms with Crippen LogP contribution in [-0.2, 0) is 0 Å². The average Bonchev–Trinajstić information content (AvgIpc) is 3.15. The van der Waals surface area contributed by atoms with Gasteiger partial charge in [0.2, 0.25) is 0 Å². The molecule has 0 aliphatic rings. The second-order valence-corrected chi connectivity index (χ2v) is 8.12. The van der Waals surface area contributed by atoms with Gasteiger partial charge in [-0.3, -0.25) is 4.57 Å². The van der Waals surface area contributed by atoms with Gasteiger partial charge in [0.15, 0.2) is 11.3 Å². The molecule has 0 saturated heterocycles. The summed E-state index contributed by atoms with van der Waals surface area (Å²) < 4.78 is 13.9. The second-order valence-electron chi connectivity index (χ2n) is 6.80. The number of rotatable bonds is 4. The number of imidazole rings is 1. The Kier molecular flexibility index (Phi) is 5.00. The molecule has 0 aliphatic heterocycles. The summed E-state index contributed by atoms with van der Waals surface area (Å²) in [5.41, 5.74) is 4.27. The summed E-state index contributed by atoms with van der Waals surface area (Å²) in [6.45, 7) is 0. The summed E-state index contributed by atoms with van der Waals surface area (Å²) in [5, 5.41) is 0.453. The summed E-state index contributed by atoms with van der Waals surface area (Å²) in [4.78, 5) is 14.4. The van der Waals surface area contributed by atoms with Crippen LogP contribution in [-0.4, -0.2) is 33.7 Å². The van der Waals surface area contributed by atoms with E-state index in [1.807, 2.05) is 53.1 Å². The highest BCUT2D eigenvalue weighted by Gasteiger charge is 2.22. The molecule has 6 nitrogen and oxygen atoms in total. The minimum Gasteiger partial charge on any atom is -0.495 e. The SMILES string of the molecule is COc1cc(OC)c(-n2c(-c3cccc(Br)c3)nc3nc4ccccc4nc32)cc1Cl. The molecule has 154 valence electrons. The molecular weight excluding hydrogens is 480 g/mol. The molecule has 0 spiro atoms. The largest absolute Gasteiger partial charge is 0.495 e. The maximum absolute atomic E-state index is 6.49. The highest BCUT2D eigenvalue weighted by molar-refractivity contribution is 9.10. The predicted molar refractivity (Wildman–Crippen MR) is 125 cm³/mol. The lowest BCUT2D eigenvalue weighted by Gasteiger charge is -2.15. The Hall–Kier alpha value is -3.16. The number of hydrogen-bond acceptors (Lipinski definition) is 5. The van der Waals surface area contributed by atoms with Gasteiger partial charge < -0.3 is 9.47 Å². The summed E-state index contributed by atoms with van der Waals surface area (Å²) in [5.74, 6) is 1.77. The smallest absolute Gasteiger partial charge is 0.199 e. The third-order valence-electron chi connectivity index (χ3n) is 4.95. The van der Waals surface area contributed by atoms with Crippen molar-refractivity contribution in [2.75, 3.05) is 14.2 Å². The van der Waals surface area contributed by atoms with Gasteiger partial charge in [-0.05, 0) is 30.3 Å². The van der Waals surface area contributed by atoms with Gasteiger partial charge in [0.1, 0.15) is 17.3 Å². The van der Waals surface area contributed by atoms with Crippen LogP contribution in [0, 0.1) is 0 Å². The van der Waals surface area contributed by atoms with Crippen LogP contribution in [0.3, 0.4) is 0 Å². The quantitative estimate of drug-likeness (QED) is 0.303. The monoisotopic (exact) mass is 494 g/mol. The lowest BCUT2D eigenvalue weighted by molar-refractivity contribution is 0.393. The van der Waals surface area contributed by atoms with Gasteiger partial charge in [-0.2, -0.15) is 0 Å². The van der Waals surface area contributed by atoms with Crippen LogP contribution in [0.1, 0.15) is 0 Å². The van der Waals surface area contributed by atoms with E-state index in [0.717, 1.165) is 21.1 Å². The number of nitrogens with zero attached hydrogens (tertiary/aromatic N) is 4. The second kappa shape index (κ2) is 7.83. The van der Waals surface area contributed by atoms with Crippen molar-refractivity contribution in [2.24, 2.45) is 0 Å². The molecule has 0 radical (unpaired) electrons. The first-order chi connectivity index (χ1) is 15.1. The molecule has 0 aliphatic carbocycles. The summed E-state index contributed by atoms with van der Waals surface area (Å²) >= 11 is 10.0. The van der Waals surface area contributed by atoms with Crippen molar-refractivity contribution in [3.8, 4) is 28.6 Å². The van der Waals surface area contributed by atoms with Gasteiger partial charge in [0.25, 0.3) is 0 Å². The van der Waals surface area contributed by atoms with Gasteiger partial charge in [-0.1, -0.05) is 51.8 Å². The van der Waals surface area contributed by atoms with E-state index in [0.29, 0.717) is 39.3 Å². The van der Waals surface area contributed by atoms with E-state index >= 15 is 0 Å². The Labute approximate surface area is 191 Å². The van der Waals surface area contributed by atoms with E-state index in [9.17, 15) is 0 Å². The third kappa shape index (κ3) is 3.40. The number of benzene rings is 3. The molecular formula is C23H16BrClN4O2. The molecule has 8 heteroatoms. The summed E-state index contributed by atoms with van der Waals surface area (Å²) in [7, 11) is 3.17. The first kappa shape index (κ1) is 19.8. The first-order valence-corrected chi connectivity index (χ1v) is 10.6. The maximum atomic E-state index is 6.49. The Bertz CT molecular complexity index is 1450. The first-order valence-electron chi connectivity index (χ1n) is 9.42. The molecule has 0 saturated carbocycles. The van der Waals surface area contributed by atoms with Crippen molar-refractivity contribution < 1.29 is 9.47 Å². The van der Waals surface area contributed by atoms with Crippen LogP contribution in [0.4, 0.5) is 0 Å². The Balaban J connectivity index is 1.90. The molecule has 5 rings (SSSR count). The van der Waals surface area contributed by atoms with Gasteiger partial charge in [-0.25, -0.2) is 15.0 Å². The summed E-state index contributed by atoms with van der Waals surface area (Å²) in [6, 6.07) is 19.2. The Morgan fingerprint density at radius 2 is 1.58 bits per heavy atom. The molecule has 31 heavy (non-hydrogen) atoms. The van der Waals surface area contributed by atoms with Crippen molar-refractivity contribution in [1.82, 2.24) is 19.5 Å². The van der Waals surface area contributed by atoms with Gasteiger partial charge >= 0.3 is 0 Å². The van der Waals surface area contributed by atoms with E-state index in [1.165, 1.54) is 0 Å². The third-order valence-corrected chi connectivity index (χ3v) is 5.74. The number of halogens is 2. The van der Waals surface area contributed by atoms with Crippen LogP contribution in [0.5, 0.6) is 11.5 Å². The average molecular weight is 496 g/mol. The normalized spacial score (nSPS) is 11.2. The minimum absolute atomic E-state index is 0.453. The van der Waals surface area contributed by atoms with Crippen LogP contribution in [0.15, 0.2) is 65.1 Å². The fraction of sp³-hybridized carbons (Fsp3) is 0.0870. The maximum Gasteiger partial charge on any atom is 0.199 e. The summed E-state index contributed by atoms with van der Waals surface area (Å²) in [6.07, 6.45) is 0. The number of hydrogen-bond donors (Lipinski definition) is 0. The number of aromatic nitrogens is 4. The minimum atomic E-state index is 0.453. The number of ether oxygens (including phenoxy) is 2. The van der Waals surface area contributed by atoms with Crippen LogP contribution in [0.2, 0.25) is 5.02 Å². The fourth-order valence-corrected chi connectivity index (χ4v) is 4.16. The molecule has 0 unspecified atom stereocenters. The molecule has 0 amide bonds. The topological polar surface area (TPSA) is 62.1 Å². The van der Waals surface area contributed by atoms with Gasteiger partial charge in [-0.15, -0.1) is 0 Å². The Morgan fingerprint density at radius 3 is 2.29 bits per heavy atom. The molecule has 2 aromatic heterocycles. The molecule has 0 atom stereocenters. The zero-order valence-electron chi connectivity index (χ0n) is 16.6. The van der Waals surface area contributed by atoms with E-state index in [4.69, 9.17) is 36.0 Å². The van der Waals surface area contributed by atoms with Crippen LogP contribution < -0.4 is 9.47 Å². The highest BCUT2D eigenvalue weighted by atomic mass is 79.9. The van der Waals surface area contributed by atoms with E-state index in [-0.39, 0.29) is 0 Å². The number of fused-ring (bicyclic) bond motifs is 2. The molecule has 0 N–H and O–H groups in total. The van der Waals surface area contributed by atoms with Crippen molar-refractivity contribution >= 4 is 49.9 Å². The highest BCUT2D eigenvalue weighted by Crippen LogP contribution is 2.38. The van der Waals surface area contributed by atoms with Gasteiger partial charge in [0.05, 0.1) is 36.0 Å². The van der Waals surface area contributed by atoms with Crippen molar-refractivity contribution in [3.63, 3.8) is 0 Å². The molecule has 0 bridgehead atoms. The van der Waals surface area contributed by atoms with Crippen molar-refractivity contribution in [1.29, 1.82) is 0 Å². The number of methoxy groups -OCH3 is 2. The molecule has 0 fully saturated rings. The van der Waals surface area contributed by atoms with E-state index in [2.05, 4.69) is 15.9 Å². The van der Waals surface area contributed by atoms with E-state index in [1.54, 1.807) is 26.4 Å². The Morgan fingerprint density at radius 1 is 0.839 bits per heavy atom. The lowest BCUT2D eigenvalue weighted by Crippen LogP contribution is -2.03. The molecule has 5 aromatic rings. The fourth-order valence-electron chi connectivity index (χ4n) is 3.53. The van der Waals surface area contributed by atoms with Crippen LogP contribution in [0.25, 0.3) is 39.4 Å². The lowest BCUT2D eigenvalue weighted by atomic mass is 10.2. The van der Waals surface area contributed by atoms with E-state index < -0.39 is 0 Å². The van der Waals surface area contributed by atoms with Gasteiger partial charge in [0, 0.05) is 16.1 Å². The van der Waals surface area contributed by atoms with Crippen molar-refractivity contribution in [2.45, 2.75) is 0 Å². The van der Waals surface area contributed by atoms with Crippen LogP contribution >= 0.6 is 27.5 Å². The molecule has 2 heterocycles. The molecule has 3 aromatic carbocycles. The predicted octanol–water partition coefficient (Wildman–Crippen LogP) is 6.07. The standard InChI is InChI=1S/C23H16BrClN4O2/c1-30-19-12-20(31-2)18(11-15(19)25)29-22(13-6-5-7-14(24)10-13)28-21-23(29)27-17-9-4-3-8-16(17)26-21/h3-12H,1-2H3. The van der Waals surface area contributed by atoms with Crippen molar-refractivity contribution in [3.05, 3.63) is 70.2 Å².